The molecule has 2 rings (SSSR count). The molecule has 2 fully saturated rings. The second-order valence-electron chi connectivity index (χ2n) is 4.44. The summed E-state index contributed by atoms with van der Waals surface area (Å²) in [5, 5.41) is 12.7. The van der Waals surface area contributed by atoms with Crippen LogP contribution >= 0.6 is 0 Å². The molecule has 3 heteroatoms. The van der Waals surface area contributed by atoms with Gasteiger partial charge in [0.1, 0.15) is 5.54 Å². The summed E-state index contributed by atoms with van der Waals surface area (Å²) in [5.41, 5.74) is -0.133. The third-order valence-electron chi connectivity index (χ3n) is 3.60. The third kappa shape index (κ3) is 1.77. The first-order chi connectivity index (χ1) is 6.87. The molecule has 0 aromatic heterocycles. The van der Waals surface area contributed by atoms with E-state index in [9.17, 15) is 5.26 Å². The Hall–Kier alpha value is -0.590. The van der Waals surface area contributed by atoms with Crippen LogP contribution in [0.1, 0.15) is 32.1 Å². The highest BCUT2D eigenvalue weighted by Gasteiger charge is 2.38. The van der Waals surface area contributed by atoms with Crippen LogP contribution in [-0.2, 0) is 0 Å². The number of nitrogens with one attached hydrogen (secondary N) is 1. The highest BCUT2D eigenvalue weighted by Crippen LogP contribution is 2.28. The minimum absolute atomic E-state index is 0.133. The average Bonchev–Trinajstić information content (AvgIpc) is 2.31. The molecule has 2 aliphatic rings. The number of nitrogens with zero attached hydrogens (tertiary/aromatic N) is 2. The van der Waals surface area contributed by atoms with Crippen molar-refractivity contribution < 1.29 is 0 Å². The predicted octanol–water partition coefficient (Wildman–Crippen LogP) is 1.12. The van der Waals surface area contributed by atoms with Crippen molar-refractivity contribution in [2.45, 2.75) is 37.6 Å². The van der Waals surface area contributed by atoms with Gasteiger partial charge in [-0.3, -0.25) is 4.90 Å². The second kappa shape index (κ2) is 4.29. The van der Waals surface area contributed by atoms with Crippen LogP contribution < -0.4 is 5.32 Å². The van der Waals surface area contributed by atoms with E-state index in [0.717, 1.165) is 39.0 Å². The van der Waals surface area contributed by atoms with Gasteiger partial charge in [-0.2, -0.15) is 5.26 Å². The Morgan fingerprint density at radius 2 is 1.71 bits per heavy atom. The largest absolute Gasteiger partial charge is 0.317 e. The van der Waals surface area contributed by atoms with Crippen LogP contribution in [0.3, 0.4) is 0 Å². The lowest BCUT2D eigenvalue weighted by Gasteiger charge is -2.43. The second-order valence-corrected chi connectivity index (χ2v) is 4.44. The highest BCUT2D eigenvalue weighted by atomic mass is 15.2. The van der Waals surface area contributed by atoms with Gasteiger partial charge < -0.3 is 5.32 Å². The van der Waals surface area contributed by atoms with Gasteiger partial charge >= 0.3 is 0 Å². The lowest BCUT2D eigenvalue weighted by molar-refractivity contribution is 0.0831. The molecular weight excluding hydrogens is 174 g/mol. The van der Waals surface area contributed by atoms with Crippen LogP contribution in [0.15, 0.2) is 0 Å². The molecule has 0 unspecified atom stereocenters. The van der Waals surface area contributed by atoms with Crippen molar-refractivity contribution in [1.29, 1.82) is 5.26 Å². The van der Waals surface area contributed by atoms with Gasteiger partial charge in [-0.25, -0.2) is 0 Å². The van der Waals surface area contributed by atoms with Crippen molar-refractivity contribution in [1.82, 2.24) is 10.2 Å². The van der Waals surface area contributed by atoms with E-state index in [1.165, 1.54) is 19.3 Å². The Bertz CT molecular complexity index is 219. The number of hydrogen-bond acceptors (Lipinski definition) is 3. The van der Waals surface area contributed by atoms with Crippen LogP contribution in [-0.4, -0.2) is 36.6 Å². The van der Waals surface area contributed by atoms with E-state index in [2.05, 4.69) is 16.3 Å². The van der Waals surface area contributed by atoms with Crippen LogP contribution in [0.4, 0.5) is 0 Å². The summed E-state index contributed by atoms with van der Waals surface area (Å²) < 4.78 is 0. The van der Waals surface area contributed by atoms with Crippen LogP contribution in [0.2, 0.25) is 0 Å². The average molecular weight is 193 g/mol. The molecule has 0 saturated carbocycles. The van der Waals surface area contributed by atoms with Crippen molar-refractivity contribution in [3.05, 3.63) is 0 Å². The Morgan fingerprint density at radius 1 is 1.07 bits per heavy atom. The fourth-order valence-electron chi connectivity index (χ4n) is 2.66. The third-order valence-corrected chi connectivity index (χ3v) is 3.60. The minimum atomic E-state index is -0.133. The molecule has 0 amide bonds. The van der Waals surface area contributed by atoms with E-state index in [0.29, 0.717) is 0 Å². The van der Waals surface area contributed by atoms with Crippen LogP contribution in [0.25, 0.3) is 0 Å². The van der Waals surface area contributed by atoms with Gasteiger partial charge in [-0.05, 0) is 51.9 Å². The molecule has 0 aromatic carbocycles. The van der Waals surface area contributed by atoms with Gasteiger partial charge in [0, 0.05) is 0 Å². The molecule has 0 bridgehead atoms. The van der Waals surface area contributed by atoms with Gasteiger partial charge in [0.25, 0.3) is 0 Å². The minimum Gasteiger partial charge on any atom is -0.317 e. The van der Waals surface area contributed by atoms with Gasteiger partial charge in [0.2, 0.25) is 0 Å². The lowest BCUT2D eigenvalue weighted by Crippen LogP contribution is -2.55. The summed E-state index contributed by atoms with van der Waals surface area (Å²) in [6.07, 6.45) is 5.90. The zero-order valence-electron chi connectivity index (χ0n) is 8.76. The summed E-state index contributed by atoms with van der Waals surface area (Å²) in [4.78, 5) is 2.43. The molecule has 0 radical (unpaired) electrons. The van der Waals surface area contributed by atoms with Crippen molar-refractivity contribution in [2.24, 2.45) is 0 Å². The first-order valence-corrected chi connectivity index (χ1v) is 5.74. The van der Waals surface area contributed by atoms with Crippen molar-refractivity contribution in [2.75, 3.05) is 26.2 Å². The molecule has 2 saturated heterocycles. The number of piperidine rings is 2. The fraction of sp³-hybridized carbons (Fsp3) is 0.909. The molecule has 0 aliphatic carbocycles. The van der Waals surface area contributed by atoms with E-state index in [4.69, 9.17) is 0 Å². The number of hydrogen-bond donors (Lipinski definition) is 1. The first kappa shape index (κ1) is 9.95. The maximum atomic E-state index is 9.37. The normalized spacial score (nSPS) is 28.2. The van der Waals surface area contributed by atoms with E-state index >= 15 is 0 Å². The number of rotatable bonds is 1. The van der Waals surface area contributed by atoms with E-state index in [1.807, 2.05) is 0 Å². The van der Waals surface area contributed by atoms with Gasteiger partial charge in [-0.1, -0.05) is 6.42 Å². The van der Waals surface area contributed by atoms with E-state index in [-0.39, 0.29) is 5.54 Å². The van der Waals surface area contributed by atoms with Gasteiger partial charge in [0.15, 0.2) is 0 Å². The summed E-state index contributed by atoms with van der Waals surface area (Å²) in [6, 6.07) is 2.57. The highest BCUT2D eigenvalue weighted by molar-refractivity contribution is 5.10. The molecule has 1 N–H and O–H groups in total. The van der Waals surface area contributed by atoms with E-state index in [1.54, 1.807) is 0 Å². The van der Waals surface area contributed by atoms with Crippen molar-refractivity contribution in [3.8, 4) is 6.07 Å². The standard InChI is InChI=1S/C11H19N3/c12-10-11(4-6-13-7-5-11)14-8-2-1-3-9-14/h13H,1-9H2. The molecule has 3 nitrogen and oxygen atoms in total. The fourth-order valence-corrected chi connectivity index (χ4v) is 2.66. The predicted molar refractivity (Wildman–Crippen MR) is 55.9 cm³/mol. The SMILES string of the molecule is N#CC1(N2CCCCC2)CCNCC1. The molecule has 0 atom stereocenters. The van der Waals surface area contributed by atoms with Crippen molar-refractivity contribution >= 4 is 0 Å². The number of likely N-dealkylation sites (tertiary alicyclic amines) is 1. The Kier molecular flexibility index (Phi) is 3.05. The zero-order valence-corrected chi connectivity index (χ0v) is 8.76. The van der Waals surface area contributed by atoms with Crippen LogP contribution in [0.5, 0.6) is 0 Å². The van der Waals surface area contributed by atoms with Crippen LogP contribution in [0, 0.1) is 11.3 Å². The maximum Gasteiger partial charge on any atom is 0.111 e. The molecule has 0 spiro atoms. The molecule has 78 valence electrons. The molecule has 0 aromatic rings. The summed E-state index contributed by atoms with van der Waals surface area (Å²) >= 11 is 0. The topological polar surface area (TPSA) is 39.1 Å². The molecule has 14 heavy (non-hydrogen) atoms. The summed E-state index contributed by atoms with van der Waals surface area (Å²) in [5.74, 6) is 0. The van der Waals surface area contributed by atoms with Gasteiger partial charge in [-0.15, -0.1) is 0 Å². The zero-order chi connectivity index (χ0) is 9.86. The van der Waals surface area contributed by atoms with Crippen molar-refractivity contribution in [3.63, 3.8) is 0 Å². The Morgan fingerprint density at radius 3 is 2.29 bits per heavy atom. The first-order valence-electron chi connectivity index (χ1n) is 5.74. The lowest BCUT2D eigenvalue weighted by atomic mass is 9.86. The molecular formula is C11H19N3. The molecule has 2 heterocycles. The maximum absolute atomic E-state index is 9.37. The van der Waals surface area contributed by atoms with Gasteiger partial charge in [0.05, 0.1) is 6.07 Å². The monoisotopic (exact) mass is 193 g/mol. The molecule has 2 aliphatic heterocycles. The summed E-state index contributed by atoms with van der Waals surface area (Å²) in [6.45, 7) is 4.27. The smallest absolute Gasteiger partial charge is 0.111 e. The Labute approximate surface area is 86.1 Å². The quantitative estimate of drug-likeness (QED) is 0.678. The Balaban J connectivity index is 2.06. The van der Waals surface area contributed by atoms with E-state index < -0.39 is 0 Å². The number of nitriles is 1. The summed E-state index contributed by atoms with van der Waals surface area (Å²) in [7, 11) is 0.